The maximum atomic E-state index is 12.2. The van der Waals surface area contributed by atoms with Crippen LogP contribution >= 0.6 is 0 Å². The molecule has 0 bridgehead atoms. The maximum absolute atomic E-state index is 12.2. The predicted octanol–water partition coefficient (Wildman–Crippen LogP) is 2.41. The third-order valence-electron chi connectivity index (χ3n) is 4.44. The van der Waals surface area contributed by atoms with Gasteiger partial charge in [0.15, 0.2) is 6.61 Å². The van der Waals surface area contributed by atoms with Gasteiger partial charge in [-0.15, -0.1) is 0 Å². The molecular formula is C20H23NO6. The van der Waals surface area contributed by atoms with Gasteiger partial charge in [0.25, 0.3) is 5.91 Å². The molecular weight excluding hydrogens is 350 g/mol. The average molecular weight is 373 g/mol. The van der Waals surface area contributed by atoms with E-state index in [0.717, 1.165) is 5.39 Å². The summed E-state index contributed by atoms with van der Waals surface area (Å²) in [7, 11) is 1.24. The van der Waals surface area contributed by atoms with Gasteiger partial charge in [0, 0.05) is 5.39 Å². The van der Waals surface area contributed by atoms with Gasteiger partial charge in [-0.1, -0.05) is 50.6 Å². The van der Waals surface area contributed by atoms with Crippen LogP contribution in [-0.2, 0) is 19.1 Å². The summed E-state index contributed by atoms with van der Waals surface area (Å²) in [4.78, 5) is 36.1. The summed E-state index contributed by atoms with van der Waals surface area (Å²) in [5.74, 6) is -2.35. The predicted molar refractivity (Wildman–Crippen MR) is 99.3 cm³/mol. The molecule has 2 aromatic rings. The lowest BCUT2D eigenvalue weighted by molar-refractivity contribution is -0.147. The third kappa shape index (κ3) is 4.75. The number of hydrogen-bond donors (Lipinski definition) is 2. The second kappa shape index (κ2) is 9.02. The quantitative estimate of drug-likeness (QED) is 0.723. The van der Waals surface area contributed by atoms with E-state index in [9.17, 15) is 19.5 Å². The molecule has 0 saturated heterocycles. The first kappa shape index (κ1) is 20.2. The number of fused-ring (bicyclic) bond motifs is 1. The standard InChI is InChI=1S/C20H23NO6/c1-4-12(2)17(20(25)26-3)21-16(22)11-27-19(24)15-10-9-13-7-5-6-8-14(13)18(15)23/h5-10,12,17,23H,4,11H2,1-3H3,(H,21,22)/t12-,17+/m0/s1. The summed E-state index contributed by atoms with van der Waals surface area (Å²) in [5.41, 5.74) is -0.0343. The van der Waals surface area contributed by atoms with E-state index in [0.29, 0.717) is 11.8 Å². The Labute approximate surface area is 157 Å². The van der Waals surface area contributed by atoms with Gasteiger partial charge >= 0.3 is 11.9 Å². The lowest BCUT2D eigenvalue weighted by Gasteiger charge is -2.21. The van der Waals surface area contributed by atoms with E-state index in [2.05, 4.69) is 5.32 Å². The molecule has 144 valence electrons. The number of amides is 1. The van der Waals surface area contributed by atoms with Gasteiger partial charge < -0.3 is 19.9 Å². The van der Waals surface area contributed by atoms with E-state index in [1.165, 1.54) is 13.2 Å². The lowest BCUT2D eigenvalue weighted by atomic mass is 9.99. The number of nitrogens with one attached hydrogen (secondary N) is 1. The van der Waals surface area contributed by atoms with Crippen molar-refractivity contribution in [3.63, 3.8) is 0 Å². The highest BCUT2D eigenvalue weighted by Gasteiger charge is 2.27. The molecule has 0 fully saturated rings. The van der Waals surface area contributed by atoms with E-state index in [1.807, 2.05) is 13.0 Å². The zero-order valence-electron chi connectivity index (χ0n) is 15.5. The molecule has 0 unspecified atom stereocenters. The second-order valence-corrected chi connectivity index (χ2v) is 6.21. The van der Waals surface area contributed by atoms with Crippen LogP contribution in [0.3, 0.4) is 0 Å². The number of aromatic hydroxyl groups is 1. The molecule has 27 heavy (non-hydrogen) atoms. The van der Waals surface area contributed by atoms with Crippen LogP contribution < -0.4 is 5.32 Å². The molecule has 0 spiro atoms. The number of methoxy groups -OCH3 is 1. The first-order chi connectivity index (χ1) is 12.9. The Morgan fingerprint density at radius 1 is 1.15 bits per heavy atom. The van der Waals surface area contributed by atoms with Crippen LogP contribution in [0.5, 0.6) is 5.75 Å². The smallest absolute Gasteiger partial charge is 0.342 e. The Kier molecular flexibility index (Phi) is 6.76. The van der Waals surface area contributed by atoms with Gasteiger partial charge in [0.2, 0.25) is 0 Å². The Balaban J connectivity index is 2.03. The van der Waals surface area contributed by atoms with Crippen molar-refractivity contribution in [3.8, 4) is 5.75 Å². The van der Waals surface area contributed by atoms with E-state index in [4.69, 9.17) is 9.47 Å². The van der Waals surface area contributed by atoms with Crippen molar-refractivity contribution >= 4 is 28.6 Å². The van der Waals surface area contributed by atoms with Crippen molar-refractivity contribution in [2.24, 2.45) is 5.92 Å². The topological polar surface area (TPSA) is 102 Å². The molecule has 0 aliphatic rings. The van der Waals surface area contributed by atoms with E-state index >= 15 is 0 Å². The van der Waals surface area contributed by atoms with Gasteiger partial charge in [-0.2, -0.15) is 0 Å². The number of carbonyl (C=O) groups is 3. The minimum atomic E-state index is -0.827. The summed E-state index contributed by atoms with van der Waals surface area (Å²) < 4.78 is 9.68. The SMILES string of the molecule is CC[C@H](C)[C@@H](NC(=O)COC(=O)c1ccc2ccccc2c1O)C(=O)OC. The van der Waals surface area contributed by atoms with Crippen LogP contribution in [-0.4, -0.2) is 42.7 Å². The largest absolute Gasteiger partial charge is 0.506 e. The van der Waals surface area contributed by atoms with Gasteiger partial charge in [-0.05, 0) is 17.4 Å². The van der Waals surface area contributed by atoms with Crippen molar-refractivity contribution in [3.05, 3.63) is 42.0 Å². The number of esters is 2. The Hall–Kier alpha value is -3.09. The highest BCUT2D eigenvalue weighted by atomic mass is 16.5. The van der Waals surface area contributed by atoms with Crippen LogP contribution in [0.15, 0.2) is 36.4 Å². The van der Waals surface area contributed by atoms with Crippen LogP contribution in [0.4, 0.5) is 0 Å². The summed E-state index contributed by atoms with van der Waals surface area (Å²) in [6, 6.07) is 9.35. The monoisotopic (exact) mass is 373 g/mol. The number of ether oxygens (including phenoxy) is 2. The zero-order valence-corrected chi connectivity index (χ0v) is 15.5. The maximum Gasteiger partial charge on any atom is 0.342 e. The fourth-order valence-electron chi connectivity index (χ4n) is 2.64. The Bertz CT molecular complexity index is 847. The fraction of sp³-hybridized carbons (Fsp3) is 0.350. The number of hydrogen-bond acceptors (Lipinski definition) is 6. The highest BCUT2D eigenvalue weighted by molar-refractivity contribution is 6.01. The molecule has 0 heterocycles. The van der Waals surface area contributed by atoms with Crippen LogP contribution in [0.25, 0.3) is 10.8 Å². The van der Waals surface area contributed by atoms with Crippen LogP contribution in [0.1, 0.15) is 30.6 Å². The number of phenolic OH excluding ortho intramolecular Hbond substituents is 1. The lowest BCUT2D eigenvalue weighted by Crippen LogP contribution is -2.47. The van der Waals surface area contributed by atoms with E-state index in [1.54, 1.807) is 31.2 Å². The number of benzene rings is 2. The second-order valence-electron chi connectivity index (χ2n) is 6.21. The first-order valence-electron chi connectivity index (χ1n) is 8.64. The Morgan fingerprint density at radius 3 is 2.52 bits per heavy atom. The molecule has 0 aliphatic carbocycles. The summed E-state index contributed by atoms with van der Waals surface area (Å²) in [6.07, 6.45) is 0.658. The van der Waals surface area contributed by atoms with Crippen molar-refractivity contribution in [2.75, 3.05) is 13.7 Å². The number of carbonyl (C=O) groups excluding carboxylic acids is 3. The highest BCUT2D eigenvalue weighted by Crippen LogP contribution is 2.28. The van der Waals surface area contributed by atoms with Crippen molar-refractivity contribution in [1.29, 1.82) is 0 Å². The molecule has 2 rings (SSSR count). The molecule has 7 heteroatoms. The Morgan fingerprint density at radius 2 is 1.85 bits per heavy atom. The van der Waals surface area contributed by atoms with E-state index in [-0.39, 0.29) is 17.2 Å². The molecule has 2 atom stereocenters. The number of phenols is 1. The van der Waals surface area contributed by atoms with Gasteiger partial charge in [-0.3, -0.25) is 4.79 Å². The van der Waals surface area contributed by atoms with Gasteiger partial charge in [-0.25, -0.2) is 9.59 Å². The minimum absolute atomic E-state index is 0.0343. The molecule has 0 radical (unpaired) electrons. The minimum Gasteiger partial charge on any atom is -0.506 e. The molecule has 1 amide bonds. The number of rotatable bonds is 7. The molecule has 2 aromatic carbocycles. The summed E-state index contributed by atoms with van der Waals surface area (Å²) in [5, 5.41) is 14.1. The molecule has 0 aromatic heterocycles. The third-order valence-corrected chi connectivity index (χ3v) is 4.44. The van der Waals surface area contributed by atoms with Crippen LogP contribution in [0.2, 0.25) is 0 Å². The van der Waals surface area contributed by atoms with Crippen molar-refractivity contribution < 1.29 is 29.0 Å². The summed E-state index contributed by atoms with van der Waals surface area (Å²) in [6.45, 7) is 3.12. The van der Waals surface area contributed by atoms with Crippen LogP contribution in [0, 0.1) is 5.92 Å². The van der Waals surface area contributed by atoms with Crippen molar-refractivity contribution in [1.82, 2.24) is 5.32 Å². The average Bonchev–Trinajstić information content (AvgIpc) is 2.69. The molecule has 7 nitrogen and oxygen atoms in total. The molecule has 2 N–H and O–H groups in total. The first-order valence-corrected chi connectivity index (χ1v) is 8.64. The zero-order chi connectivity index (χ0) is 20.0. The van der Waals surface area contributed by atoms with Gasteiger partial charge in [0.1, 0.15) is 17.4 Å². The van der Waals surface area contributed by atoms with Gasteiger partial charge in [0.05, 0.1) is 7.11 Å². The van der Waals surface area contributed by atoms with Crippen molar-refractivity contribution in [2.45, 2.75) is 26.3 Å². The normalized spacial score (nSPS) is 12.9. The summed E-state index contributed by atoms with van der Waals surface area (Å²) >= 11 is 0. The van der Waals surface area contributed by atoms with E-state index < -0.39 is 30.5 Å². The fourth-order valence-corrected chi connectivity index (χ4v) is 2.64. The molecule has 0 saturated carbocycles. The molecule has 0 aliphatic heterocycles.